The zero-order valence-electron chi connectivity index (χ0n) is 13.0. The molecule has 0 radical (unpaired) electrons. The molecule has 0 aliphatic carbocycles. The molecule has 1 aromatic carbocycles. The van der Waals surface area contributed by atoms with Crippen LogP contribution in [0.1, 0.15) is 41.9 Å². The molecule has 0 aliphatic rings. The molecular weight excluding hydrogens is 286 g/mol. The third kappa shape index (κ3) is 3.55. The van der Waals surface area contributed by atoms with Crippen molar-refractivity contribution in [3.63, 3.8) is 0 Å². The maximum absolute atomic E-state index is 12.1. The van der Waals surface area contributed by atoms with Gasteiger partial charge in [-0.2, -0.15) is 0 Å². The molecule has 0 saturated carbocycles. The number of amides is 1. The number of rotatable bonds is 6. The molecule has 2 rings (SSSR count). The van der Waals surface area contributed by atoms with Gasteiger partial charge < -0.3 is 19.2 Å². The first kappa shape index (κ1) is 15.8. The molecule has 2 aromatic rings. The highest BCUT2D eigenvalue weighted by molar-refractivity contribution is 5.94. The summed E-state index contributed by atoms with van der Waals surface area (Å²) in [5.74, 6) is 1.88. The van der Waals surface area contributed by atoms with Crippen LogP contribution < -0.4 is 14.8 Å². The molecule has 0 aliphatic heterocycles. The van der Waals surface area contributed by atoms with Crippen LogP contribution in [0.25, 0.3) is 0 Å². The summed E-state index contributed by atoms with van der Waals surface area (Å²) >= 11 is 0. The van der Waals surface area contributed by atoms with E-state index in [0.29, 0.717) is 28.8 Å². The summed E-state index contributed by atoms with van der Waals surface area (Å²) in [5.41, 5.74) is 0.459. The van der Waals surface area contributed by atoms with Crippen LogP contribution in [-0.4, -0.2) is 30.3 Å². The van der Waals surface area contributed by atoms with Crippen LogP contribution in [-0.2, 0) is 6.54 Å². The fraction of sp³-hybridized carbons (Fsp3) is 0.400. The molecule has 0 fully saturated rings. The van der Waals surface area contributed by atoms with E-state index >= 15 is 0 Å². The van der Waals surface area contributed by atoms with E-state index in [9.17, 15) is 4.79 Å². The Morgan fingerprint density at radius 3 is 2.55 bits per heavy atom. The summed E-state index contributed by atoms with van der Waals surface area (Å²) in [4.78, 5) is 12.1. The molecule has 118 valence electrons. The van der Waals surface area contributed by atoms with Crippen LogP contribution in [0.15, 0.2) is 22.6 Å². The topological polar surface area (TPSA) is 86.5 Å². The summed E-state index contributed by atoms with van der Waals surface area (Å²) in [7, 11) is 3.06. The summed E-state index contributed by atoms with van der Waals surface area (Å²) < 4.78 is 15.7. The van der Waals surface area contributed by atoms with Crippen LogP contribution in [0.2, 0.25) is 0 Å². The van der Waals surface area contributed by atoms with E-state index in [1.165, 1.54) is 7.11 Å². The quantitative estimate of drug-likeness (QED) is 0.880. The van der Waals surface area contributed by atoms with Gasteiger partial charge in [-0.3, -0.25) is 4.79 Å². The van der Waals surface area contributed by atoms with E-state index in [4.69, 9.17) is 13.9 Å². The molecule has 1 heterocycles. The monoisotopic (exact) mass is 305 g/mol. The average Bonchev–Trinajstić information content (AvgIpc) is 3.01. The second-order valence-corrected chi connectivity index (χ2v) is 4.94. The molecule has 1 N–H and O–H groups in total. The number of nitrogens with zero attached hydrogens (tertiary/aromatic N) is 2. The number of aromatic nitrogens is 2. The lowest BCUT2D eigenvalue weighted by atomic mass is 10.2. The molecule has 0 unspecified atom stereocenters. The van der Waals surface area contributed by atoms with Crippen LogP contribution >= 0.6 is 0 Å². The van der Waals surface area contributed by atoms with Crippen molar-refractivity contribution >= 4 is 5.91 Å². The van der Waals surface area contributed by atoms with Crippen molar-refractivity contribution in [1.29, 1.82) is 0 Å². The van der Waals surface area contributed by atoms with Crippen LogP contribution in [0.5, 0.6) is 11.5 Å². The van der Waals surface area contributed by atoms with Crippen LogP contribution in [0, 0.1) is 0 Å². The maximum Gasteiger partial charge on any atom is 0.251 e. The number of carbonyl (C=O) groups is 1. The largest absolute Gasteiger partial charge is 0.493 e. The molecule has 0 bridgehead atoms. The van der Waals surface area contributed by atoms with E-state index in [2.05, 4.69) is 15.5 Å². The van der Waals surface area contributed by atoms with Gasteiger partial charge in [0.1, 0.15) is 0 Å². The summed E-state index contributed by atoms with van der Waals surface area (Å²) in [6.45, 7) is 4.09. The lowest BCUT2D eigenvalue weighted by Crippen LogP contribution is -2.23. The Morgan fingerprint density at radius 1 is 1.23 bits per heavy atom. The molecule has 1 amide bonds. The van der Waals surface area contributed by atoms with Gasteiger partial charge in [0.25, 0.3) is 5.91 Å². The summed E-state index contributed by atoms with van der Waals surface area (Å²) in [6, 6.07) is 4.95. The maximum atomic E-state index is 12.1. The SMILES string of the molecule is COc1ccc(C(=O)NCc2nnc(C(C)C)o2)cc1OC. The molecule has 0 atom stereocenters. The van der Waals surface area contributed by atoms with Crippen molar-refractivity contribution in [2.45, 2.75) is 26.3 Å². The zero-order valence-corrected chi connectivity index (χ0v) is 13.0. The molecule has 0 spiro atoms. The van der Waals surface area contributed by atoms with Gasteiger partial charge in [-0.05, 0) is 18.2 Å². The van der Waals surface area contributed by atoms with Gasteiger partial charge in [0, 0.05) is 11.5 Å². The van der Waals surface area contributed by atoms with E-state index < -0.39 is 0 Å². The van der Waals surface area contributed by atoms with Crippen molar-refractivity contribution in [2.75, 3.05) is 14.2 Å². The van der Waals surface area contributed by atoms with E-state index in [1.54, 1.807) is 25.3 Å². The predicted molar refractivity (Wildman–Crippen MR) is 79.1 cm³/mol. The number of methoxy groups -OCH3 is 2. The van der Waals surface area contributed by atoms with Gasteiger partial charge in [-0.25, -0.2) is 0 Å². The van der Waals surface area contributed by atoms with Gasteiger partial charge in [0.05, 0.1) is 20.8 Å². The predicted octanol–water partition coefficient (Wildman–Crippen LogP) is 2.14. The lowest BCUT2D eigenvalue weighted by molar-refractivity contribution is 0.0946. The second kappa shape index (κ2) is 6.93. The minimum absolute atomic E-state index is 0.155. The van der Waals surface area contributed by atoms with Crippen LogP contribution in [0.3, 0.4) is 0 Å². The first-order valence-electron chi connectivity index (χ1n) is 6.87. The number of nitrogens with one attached hydrogen (secondary N) is 1. The Balaban J connectivity index is 2.02. The van der Waals surface area contributed by atoms with Gasteiger partial charge in [0.2, 0.25) is 11.8 Å². The van der Waals surface area contributed by atoms with E-state index in [-0.39, 0.29) is 18.4 Å². The number of benzene rings is 1. The molecule has 7 heteroatoms. The normalized spacial score (nSPS) is 10.6. The fourth-order valence-electron chi connectivity index (χ4n) is 1.81. The molecule has 22 heavy (non-hydrogen) atoms. The second-order valence-electron chi connectivity index (χ2n) is 4.94. The van der Waals surface area contributed by atoms with Gasteiger partial charge in [-0.1, -0.05) is 13.8 Å². The standard InChI is InChI=1S/C15H19N3O4/c1-9(2)15-18-17-13(22-15)8-16-14(19)10-5-6-11(20-3)12(7-10)21-4/h5-7,9H,8H2,1-4H3,(H,16,19). The third-order valence-corrected chi connectivity index (χ3v) is 3.02. The van der Waals surface area contributed by atoms with E-state index in [0.717, 1.165) is 0 Å². The Kier molecular flexibility index (Phi) is 4.98. The minimum atomic E-state index is -0.259. The highest BCUT2D eigenvalue weighted by Crippen LogP contribution is 2.27. The van der Waals surface area contributed by atoms with Crippen molar-refractivity contribution in [1.82, 2.24) is 15.5 Å². The summed E-state index contributed by atoms with van der Waals surface area (Å²) in [5, 5.41) is 10.5. The van der Waals surface area contributed by atoms with Gasteiger partial charge in [-0.15, -0.1) is 10.2 Å². The zero-order chi connectivity index (χ0) is 16.1. The number of hydrogen-bond acceptors (Lipinski definition) is 6. The highest BCUT2D eigenvalue weighted by atomic mass is 16.5. The van der Waals surface area contributed by atoms with Crippen molar-refractivity contribution in [3.05, 3.63) is 35.5 Å². The van der Waals surface area contributed by atoms with Crippen molar-refractivity contribution in [3.8, 4) is 11.5 Å². The smallest absolute Gasteiger partial charge is 0.251 e. The molecular formula is C15H19N3O4. The molecule has 1 aromatic heterocycles. The van der Waals surface area contributed by atoms with Crippen molar-refractivity contribution < 1.29 is 18.7 Å². The fourth-order valence-corrected chi connectivity index (χ4v) is 1.81. The third-order valence-electron chi connectivity index (χ3n) is 3.02. The number of ether oxygens (including phenoxy) is 2. The first-order valence-corrected chi connectivity index (χ1v) is 6.87. The van der Waals surface area contributed by atoms with Crippen molar-refractivity contribution in [2.24, 2.45) is 0 Å². The van der Waals surface area contributed by atoms with Gasteiger partial charge in [0.15, 0.2) is 11.5 Å². The summed E-state index contributed by atoms with van der Waals surface area (Å²) in [6.07, 6.45) is 0. The number of hydrogen-bond donors (Lipinski definition) is 1. The lowest BCUT2D eigenvalue weighted by Gasteiger charge is -2.09. The minimum Gasteiger partial charge on any atom is -0.493 e. The average molecular weight is 305 g/mol. The first-order chi connectivity index (χ1) is 10.5. The van der Waals surface area contributed by atoms with Gasteiger partial charge >= 0.3 is 0 Å². The van der Waals surface area contributed by atoms with Crippen LogP contribution in [0.4, 0.5) is 0 Å². The molecule has 7 nitrogen and oxygen atoms in total. The van der Waals surface area contributed by atoms with E-state index in [1.807, 2.05) is 13.8 Å². The number of carbonyl (C=O) groups excluding carboxylic acids is 1. The molecule has 0 saturated heterocycles. The Labute approximate surface area is 128 Å². The Bertz CT molecular complexity index is 652. The Hall–Kier alpha value is -2.57. The Morgan fingerprint density at radius 2 is 1.95 bits per heavy atom. The highest BCUT2D eigenvalue weighted by Gasteiger charge is 2.13.